The average Bonchev–Trinajstić information content (AvgIpc) is 2.18. The molecule has 2 nitrogen and oxygen atoms in total. The molecule has 0 aliphatic heterocycles. The summed E-state index contributed by atoms with van der Waals surface area (Å²) in [7, 11) is 0. The average molecular weight is 200 g/mol. The van der Waals surface area contributed by atoms with E-state index in [1.54, 1.807) is 0 Å². The second-order valence-corrected chi connectivity index (χ2v) is 4.09. The fourth-order valence-corrected chi connectivity index (χ4v) is 1.74. The molecule has 86 valence electrons. The third kappa shape index (κ3) is 6.39. The van der Waals surface area contributed by atoms with Crippen molar-refractivity contribution in [1.29, 1.82) is 0 Å². The van der Waals surface area contributed by atoms with Crippen molar-refractivity contribution < 1.29 is 0 Å². The van der Waals surface area contributed by atoms with Gasteiger partial charge in [0, 0.05) is 12.6 Å². The van der Waals surface area contributed by atoms with Gasteiger partial charge < -0.3 is 5.32 Å². The molecule has 0 saturated carbocycles. The minimum atomic E-state index is 0.682. The van der Waals surface area contributed by atoms with Gasteiger partial charge in [0.05, 0.1) is 0 Å². The molecule has 0 fully saturated rings. The molecule has 1 unspecified atom stereocenters. The van der Waals surface area contributed by atoms with Crippen LogP contribution in [0.25, 0.3) is 0 Å². The van der Waals surface area contributed by atoms with Gasteiger partial charge in [0.2, 0.25) is 0 Å². The molecule has 2 heteroatoms. The SMILES string of the molecule is CCCNCC(C)N(CCC)CCC. The van der Waals surface area contributed by atoms with E-state index in [1.165, 1.54) is 32.4 Å². The van der Waals surface area contributed by atoms with Crippen LogP contribution < -0.4 is 5.32 Å². The van der Waals surface area contributed by atoms with E-state index in [9.17, 15) is 0 Å². The molecule has 1 N–H and O–H groups in total. The van der Waals surface area contributed by atoms with Crippen LogP contribution in [-0.4, -0.2) is 37.1 Å². The summed E-state index contributed by atoms with van der Waals surface area (Å²) < 4.78 is 0. The van der Waals surface area contributed by atoms with E-state index >= 15 is 0 Å². The van der Waals surface area contributed by atoms with Crippen molar-refractivity contribution in [2.45, 2.75) is 53.0 Å². The third-order valence-corrected chi connectivity index (χ3v) is 2.51. The van der Waals surface area contributed by atoms with E-state index in [0.717, 1.165) is 13.1 Å². The Bertz CT molecular complexity index is 109. The molecule has 0 bridgehead atoms. The highest BCUT2D eigenvalue weighted by Gasteiger charge is 2.10. The molecule has 0 rings (SSSR count). The van der Waals surface area contributed by atoms with Gasteiger partial charge in [-0.3, -0.25) is 4.90 Å². The largest absolute Gasteiger partial charge is 0.315 e. The predicted molar refractivity (Wildman–Crippen MR) is 64.8 cm³/mol. The standard InChI is InChI=1S/C12H28N2/c1-5-8-13-11-12(4)14(9-6-2)10-7-3/h12-13H,5-11H2,1-4H3. The van der Waals surface area contributed by atoms with Gasteiger partial charge in [-0.15, -0.1) is 0 Å². The topological polar surface area (TPSA) is 15.3 Å². The van der Waals surface area contributed by atoms with E-state index in [0.29, 0.717) is 6.04 Å². The zero-order valence-corrected chi connectivity index (χ0v) is 10.5. The Morgan fingerprint density at radius 2 is 1.57 bits per heavy atom. The molecule has 0 saturated heterocycles. The van der Waals surface area contributed by atoms with Crippen molar-refractivity contribution >= 4 is 0 Å². The van der Waals surface area contributed by atoms with E-state index in [2.05, 4.69) is 37.9 Å². The number of hydrogen-bond acceptors (Lipinski definition) is 2. The van der Waals surface area contributed by atoms with Gasteiger partial charge in [0.15, 0.2) is 0 Å². The summed E-state index contributed by atoms with van der Waals surface area (Å²) in [4.78, 5) is 2.59. The van der Waals surface area contributed by atoms with Gasteiger partial charge in [0.1, 0.15) is 0 Å². The summed E-state index contributed by atoms with van der Waals surface area (Å²) in [6, 6.07) is 0.682. The quantitative estimate of drug-likeness (QED) is 0.575. The van der Waals surface area contributed by atoms with Crippen molar-refractivity contribution in [2.75, 3.05) is 26.2 Å². The molecular formula is C12H28N2. The van der Waals surface area contributed by atoms with Crippen LogP contribution >= 0.6 is 0 Å². The van der Waals surface area contributed by atoms with E-state index in [1.807, 2.05) is 0 Å². The third-order valence-electron chi connectivity index (χ3n) is 2.51. The number of rotatable bonds is 9. The van der Waals surface area contributed by atoms with Crippen molar-refractivity contribution in [3.8, 4) is 0 Å². The Morgan fingerprint density at radius 3 is 2.00 bits per heavy atom. The van der Waals surface area contributed by atoms with Crippen LogP contribution in [0.3, 0.4) is 0 Å². The maximum Gasteiger partial charge on any atom is 0.0192 e. The highest BCUT2D eigenvalue weighted by molar-refractivity contribution is 4.68. The summed E-state index contributed by atoms with van der Waals surface area (Å²) >= 11 is 0. The zero-order chi connectivity index (χ0) is 10.8. The van der Waals surface area contributed by atoms with Crippen LogP contribution in [0.15, 0.2) is 0 Å². The second-order valence-electron chi connectivity index (χ2n) is 4.09. The molecule has 1 atom stereocenters. The molecule has 14 heavy (non-hydrogen) atoms. The maximum absolute atomic E-state index is 3.49. The van der Waals surface area contributed by atoms with E-state index < -0.39 is 0 Å². The van der Waals surface area contributed by atoms with Gasteiger partial charge in [-0.25, -0.2) is 0 Å². The first-order valence-electron chi connectivity index (χ1n) is 6.20. The summed E-state index contributed by atoms with van der Waals surface area (Å²) in [6.45, 7) is 13.8. The van der Waals surface area contributed by atoms with Crippen molar-refractivity contribution in [3.63, 3.8) is 0 Å². The van der Waals surface area contributed by atoms with E-state index in [-0.39, 0.29) is 0 Å². The number of hydrogen-bond donors (Lipinski definition) is 1. The van der Waals surface area contributed by atoms with Crippen LogP contribution in [0.4, 0.5) is 0 Å². The first kappa shape index (κ1) is 13.9. The highest BCUT2D eigenvalue weighted by Crippen LogP contribution is 2.01. The lowest BCUT2D eigenvalue weighted by Gasteiger charge is -2.28. The lowest BCUT2D eigenvalue weighted by atomic mass is 10.2. The van der Waals surface area contributed by atoms with Crippen molar-refractivity contribution in [2.24, 2.45) is 0 Å². The van der Waals surface area contributed by atoms with Gasteiger partial charge in [0.25, 0.3) is 0 Å². The Morgan fingerprint density at radius 1 is 1.00 bits per heavy atom. The summed E-state index contributed by atoms with van der Waals surface area (Å²) in [5, 5.41) is 3.49. The normalized spacial score (nSPS) is 13.5. The molecule has 0 heterocycles. The summed E-state index contributed by atoms with van der Waals surface area (Å²) in [5.41, 5.74) is 0. The number of nitrogens with zero attached hydrogens (tertiary/aromatic N) is 1. The predicted octanol–water partition coefficient (Wildman–Crippen LogP) is 2.50. The zero-order valence-electron chi connectivity index (χ0n) is 10.5. The van der Waals surface area contributed by atoms with Crippen LogP contribution in [0.5, 0.6) is 0 Å². The monoisotopic (exact) mass is 200 g/mol. The first-order chi connectivity index (χ1) is 6.76. The molecule has 0 amide bonds. The molecule has 0 aliphatic rings. The van der Waals surface area contributed by atoms with Gasteiger partial charge in [-0.2, -0.15) is 0 Å². The smallest absolute Gasteiger partial charge is 0.0192 e. The molecule has 0 aromatic carbocycles. The summed E-state index contributed by atoms with van der Waals surface area (Å²) in [5.74, 6) is 0. The number of nitrogens with one attached hydrogen (secondary N) is 1. The first-order valence-corrected chi connectivity index (χ1v) is 6.20. The second kappa shape index (κ2) is 9.47. The fourth-order valence-electron chi connectivity index (χ4n) is 1.74. The maximum atomic E-state index is 3.49. The Labute approximate surface area is 90.1 Å². The van der Waals surface area contributed by atoms with Crippen LogP contribution in [0.2, 0.25) is 0 Å². The Kier molecular flexibility index (Phi) is 9.42. The minimum Gasteiger partial charge on any atom is -0.315 e. The molecular weight excluding hydrogens is 172 g/mol. The molecule has 0 aromatic heterocycles. The van der Waals surface area contributed by atoms with Crippen molar-refractivity contribution in [1.82, 2.24) is 10.2 Å². The van der Waals surface area contributed by atoms with Crippen LogP contribution in [0, 0.1) is 0 Å². The van der Waals surface area contributed by atoms with Gasteiger partial charge in [-0.05, 0) is 45.8 Å². The molecule has 0 aliphatic carbocycles. The lowest BCUT2D eigenvalue weighted by Crippen LogP contribution is -2.41. The van der Waals surface area contributed by atoms with Crippen LogP contribution in [0.1, 0.15) is 47.0 Å². The van der Waals surface area contributed by atoms with Gasteiger partial charge in [-0.1, -0.05) is 20.8 Å². The lowest BCUT2D eigenvalue weighted by molar-refractivity contribution is 0.205. The fraction of sp³-hybridized carbons (Fsp3) is 1.00. The molecule has 0 radical (unpaired) electrons. The molecule has 0 spiro atoms. The van der Waals surface area contributed by atoms with Crippen molar-refractivity contribution in [3.05, 3.63) is 0 Å². The minimum absolute atomic E-state index is 0.682. The van der Waals surface area contributed by atoms with Gasteiger partial charge >= 0.3 is 0 Å². The highest BCUT2D eigenvalue weighted by atomic mass is 15.2. The van der Waals surface area contributed by atoms with Crippen LogP contribution in [-0.2, 0) is 0 Å². The Hall–Kier alpha value is -0.0800. The molecule has 0 aromatic rings. The Balaban J connectivity index is 3.69. The summed E-state index contributed by atoms with van der Waals surface area (Å²) in [6.07, 6.45) is 3.75. The van der Waals surface area contributed by atoms with E-state index in [4.69, 9.17) is 0 Å².